The van der Waals surface area contributed by atoms with E-state index in [0.717, 1.165) is 5.69 Å². The molecule has 0 bridgehead atoms. The smallest absolute Gasteiger partial charge is 0.193 e. The molecule has 0 aromatic heterocycles. The Morgan fingerprint density at radius 1 is 1.36 bits per heavy atom. The molecular weight excluding hydrogens is 298 g/mol. The van der Waals surface area contributed by atoms with Crippen LogP contribution >= 0.6 is 0 Å². The molecule has 0 radical (unpaired) electrons. The zero-order valence-corrected chi connectivity index (χ0v) is 14.1. The van der Waals surface area contributed by atoms with E-state index in [2.05, 4.69) is 36.3 Å². The topological polar surface area (TPSA) is 84.5 Å². The molecule has 0 aliphatic carbocycles. The van der Waals surface area contributed by atoms with E-state index >= 15 is 0 Å². The first-order valence-electron chi connectivity index (χ1n) is 7.73. The van der Waals surface area contributed by atoms with Crippen molar-refractivity contribution < 1.29 is 8.42 Å². The van der Waals surface area contributed by atoms with Gasteiger partial charge in [0.25, 0.3) is 0 Å². The van der Waals surface area contributed by atoms with Gasteiger partial charge >= 0.3 is 0 Å². The molecule has 6 heteroatoms. The molecule has 2 rings (SSSR count). The van der Waals surface area contributed by atoms with Gasteiger partial charge < -0.3 is 11.1 Å². The van der Waals surface area contributed by atoms with Crippen molar-refractivity contribution in [1.82, 2.24) is 0 Å². The Bertz CT molecular complexity index is 625. The molecule has 0 spiro atoms. The molecule has 1 saturated heterocycles. The van der Waals surface area contributed by atoms with E-state index < -0.39 is 9.84 Å². The third-order valence-corrected chi connectivity index (χ3v) is 5.74. The molecule has 1 fully saturated rings. The molecule has 1 aromatic rings. The minimum atomic E-state index is -2.81. The lowest BCUT2D eigenvalue weighted by Gasteiger charge is -2.20. The highest BCUT2D eigenvalue weighted by atomic mass is 32.2. The lowest BCUT2D eigenvalue weighted by Crippen LogP contribution is -2.27. The van der Waals surface area contributed by atoms with Gasteiger partial charge in [-0.3, -0.25) is 4.99 Å². The third-order valence-electron chi connectivity index (χ3n) is 4.02. The summed E-state index contributed by atoms with van der Waals surface area (Å²) < 4.78 is 22.8. The van der Waals surface area contributed by atoms with Gasteiger partial charge in [-0.05, 0) is 42.4 Å². The molecular formula is C16H25N3O2S. The van der Waals surface area contributed by atoms with Crippen LogP contribution in [0.4, 0.5) is 5.69 Å². The number of benzene rings is 1. The minimum Gasteiger partial charge on any atom is -0.370 e. The molecule has 1 aliphatic heterocycles. The van der Waals surface area contributed by atoms with Gasteiger partial charge in [-0.15, -0.1) is 0 Å². The monoisotopic (exact) mass is 323 g/mol. The number of sulfone groups is 1. The van der Waals surface area contributed by atoms with E-state index in [1.807, 2.05) is 12.1 Å². The van der Waals surface area contributed by atoms with Gasteiger partial charge in [0.2, 0.25) is 0 Å². The molecule has 1 aliphatic rings. The second kappa shape index (κ2) is 7.13. The van der Waals surface area contributed by atoms with E-state index in [1.54, 1.807) is 0 Å². The molecule has 1 aromatic carbocycles. The van der Waals surface area contributed by atoms with Crippen LogP contribution in [0.3, 0.4) is 0 Å². The number of anilines is 1. The Hall–Kier alpha value is -1.56. The van der Waals surface area contributed by atoms with E-state index in [1.165, 1.54) is 5.56 Å². The number of guanidine groups is 1. The van der Waals surface area contributed by atoms with Gasteiger partial charge in [0.15, 0.2) is 5.96 Å². The van der Waals surface area contributed by atoms with Crippen molar-refractivity contribution in [2.75, 3.05) is 23.4 Å². The standard InChI is InChI=1S/C16H25N3O2S/c1-12(2)14-4-3-5-15(10-14)19-16(17)18-11-13-6-8-22(20,21)9-7-13/h3-5,10,12-13H,6-9,11H2,1-2H3,(H3,17,18,19). The van der Waals surface area contributed by atoms with Crippen LogP contribution in [0.15, 0.2) is 29.3 Å². The normalized spacial score (nSPS) is 19.3. The fourth-order valence-electron chi connectivity index (χ4n) is 2.51. The summed E-state index contributed by atoms with van der Waals surface area (Å²) in [6.07, 6.45) is 1.36. The second-order valence-electron chi connectivity index (χ2n) is 6.23. The van der Waals surface area contributed by atoms with Crippen LogP contribution in [0.25, 0.3) is 0 Å². The quantitative estimate of drug-likeness (QED) is 0.658. The summed E-state index contributed by atoms with van der Waals surface area (Å²) in [5.41, 5.74) is 8.10. The lowest BCUT2D eigenvalue weighted by molar-refractivity contribution is 0.475. The average Bonchev–Trinajstić information content (AvgIpc) is 2.46. The van der Waals surface area contributed by atoms with Gasteiger partial charge in [-0.25, -0.2) is 8.42 Å². The molecule has 22 heavy (non-hydrogen) atoms. The van der Waals surface area contributed by atoms with Crippen molar-refractivity contribution in [2.45, 2.75) is 32.6 Å². The Labute approximate surface area is 132 Å². The van der Waals surface area contributed by atoms with Gasteiger partial charge in [0.05, 0.1) is 11.5 Å². The van der Waals surface area contributed by atoms with Crippen LogP contribution in [0.1, 0.15) is 38.2 Å². The van der Waals surface area contributed by atoms with E-state index in [9.17, 15) is 8.42 Å². The zero-order chi connectivity index (χ0) is 16.2. The summed E-state index contributed by atoms with van der Waals surface area (Å²) in [5, 5.41) is 3.10. The first-order valence-corrected chi connectivity index (χ1v) is 9.55. The van der Waals surface area contributed by atoms with Crippen LogP contribution in [0.5, 0.6) is 0 Å². The van der Waals surface area contributed by atoms with Crippen LogP contribution < -0.4 is 11.1 Å². The maximum absolute atomic E-state index is 11.4. The lowest BCUT2D eigenvalue weighted by atomic mass is 10.0. The third kappa shape index (κ3) is 5.02. The van der Waals surface area contributed by atoms with Gasteiger partial charge in [0.1, 0.15) is 9.84 Å². The Kier molecular flexibility index (Phi) is 5.45. The van der Waals surface area contributed by atoms with Gasteiger partial charge in [0, 0.05) is 12.2 Å². The van der Waals surface area contributed by atoms with Crippen molar-refractivity contribution in [2.24, 2.45) is 16.6 Å². The molecule has 0 saturated carbocycles. The van der Waals surface area contributed by atoms with Crippen LogP contribution in [-0.4, -0.2) is 32.4 Å². The van der Waals surface area contributed by atoms with Gasteiger partial charge in [-0.2, -0.15) is 0 Å². The molecule has 1 heterocycles. The van der Waals surface area contributed by atoms with E-state index in [-0.39, 0.29) is 11.5 Å². The largest absolute Gasteiger partial charge is 0.370 e. The molecule has 5 nitrogen and oxygen atoms in total. The first-order chi connectivity index (χ1) is 10.4. The zero-order valence-electron chi connectivity index (χ0n) is 13.2. The highest BCUT2D eigenvalue weighted by Gasteiger charge is 2.23. The van der Waals surface area contributed by atoms with E-state index in [0.29, 0.717) is 37.2 Å². The number of nitrogens with two attached hydrogens (primary N) is 1. The number of rotatable bonds is 4. The first kappa shape index (κ1) is 16.8. The summed E-state index contributed by atoms with van der Waals surface area (Å²) in [7, 11) is -2.81. The molecule has 3 N–H and O–H groups in total. The van der Waals surface area contributed by atoms with Crippen LogP contribution in [-0.2, 0) is 9.84 Å². The maximum Gasteiger partial charge on any atom is 0.193 e. The van der Waals surface area contributed by atoms with Crippen molar-refractivity contribution in [1.29, 1.82) is 0 Å². The average molecular weight is 323 g/mol. The SMILES string of the molecule is CC(C)c1cccc(NC(N)=NCC2CCS(=O)(=O)CC2)c1. The fourth-order valence-corrected chi connectivity index (χ4v) is 4.10. The predicted octanol–water partition coefficient (Wildman–Crippen LogP) is 2.36. The summed E-state index contributed by atoms with van der Waals surface area (Å²) in [6.45, 7) is 4.87. The maximum atomic E-state index is 11.4. The summed E-state index contributed by atoms with van der Waals surface area (Å²) in [6, 6.07) is 8.12. The number of aliphatic imine (C=N–C) groups is 1. The van der Waals surface area contributed by atoms with Crippen LogP contribution in [0.2, 0.25) is 0 Å². The summed E-state index contributed by atoms with van der Waals surface area (Å²) in [5.74, 6) is 1.71. The Morgan fingerprint density at radius 3 is 2.68 bits per heavy atom. The van der Waals surface area contributed by atoms with Gasteiger partial charge in [-0.1, -0.05) is 26.0 Å². The van der Waals surface area contributed by atoms with Crippen molar-refractivity contribution in [3.8, 4) is 0 Å². The summed E-state index contributed by atoms with van der Waals surface area (Å²) >= 11 is 0. The number of nitrogens with zero attached hydrogens (tertiary/aromatic N) is 1. The van der Waals surface area contributed by atoms with Crippen molar-refractivity contribution >= 4 is 21.5 Å². The Morgan fingerprint density at radius 2 is 2.05 bits per heavy atom. The number of hydrogen-bond donors (Lipinski definition) is 2. The molecule has 0 amide bonds. The Balaban J connectivity index is 1.89. The van der Waals surface area contributed by atoms with Crippen LogP contribution in [0, 0.1) is 5.92 Å². The number of hydrogen-bond acceptors (Lipinski definition) is 3. The minimum absolute atomic E-state index is 0.275. The van der Waals surface area contributed by atoms with Crippen molar-refractivity contribution in [3.05, 3.63) is 29.8 Å². The molecule has 0 unspecified atom stereocenters. The second-order valence-corrected chi connectivity index (χ2v) is 8.53. The van der Waals surface area contributed by atoms with Crippen molar-refractivity contribution in [3.63, 3.8) is 0 Å². The number of nitrogens with one attached hydrogen (secondary N) is 1. The molecule has 122 valence electrons. The highest BCUT2D eigenvalue weighted by molar-refractivity contribution is 7.91. The van der Waals surface area contributed by atoms with E-state index in [4.69, 9.17) is 5.73 Å². The molecule has 0 atom stereocenters. The highest BCUT2D eigenvalue weighted by Crippen LogP contribution is 2.20. The fraction of sp³-hybridized carbons (Fsp3) is 0.562. The predicted molar refractivity (Wildman–Crippen MR) is 92.0 cm³/mol. The summed E-state index contributed by atoms with van der Waals surface area (Å²) in [4.78, 5) is 4.35.